The molecule has 1 aliphatic heterocycles. The van der Waals surface area contributed by atoms with Gasteiger partial charge < -0.3 is 5.32 Å². The van der Waals surface area contributed by atoms with Gasteiger partial charge in [0.2, 0.25) is 10.0 Å². The molecule has 1 aromatic heterocycles. The number of benzene rings is 2. The Hall–Kier alpha value is -2.44. The Kier molecular flexibility index (Phi) is 4.85. The number of nitrogens with one attached hydrogen (secondary N) is 1. The van der Waals surface area contributed by atoms with Gasteiger partial charge in [-0.3, -0.25) is 0 Å². The van der Waals surface area contributed by atoms with E-state index in [-0.39, 0.29) is 6.04 Å². The van der Waals surface area contributed by atoms with Crippen LogP contribution in [0, 0.1) is 0 Å². The number of anilines is 2. The fourth-order valence-corrected chi connectivity index (χ4v) is 5.30. The van der Waals surface area contributed by atoms with Gasteiger partial charge in [-0.05, 0) is 62.2 Å². The highest BCUT2D eigenvalue weighted by molar-refractivity contribution is 7.89. The summed E-state index contributed by atoms with van der Waals surface area (Å²) >= 11 is 0. The topological polar surface area (TPSA) is 62.3 Å². The van der Waals surface area contributed by atoms with E-state index in [1.165, 1.54) is 0 Å². The van der Waals surface area contributed by atoms with Crippen LogP contribution in [0.4, 0.5) is 11.5 Å². The highest BCUT2D eigenvalue weighted by atomic mass is 32.2. The van der Waals surface area contributed by atoms with Crippen LogP contribution in [0.25, 0.3) is 10.9 Å². The molecule has 6 heteroatoms. The number of aromatic nitrogens is 1. The van der Waals surface area contributed by atoms with Crippen LogP contribution >= 0.6 is 0 Å². The maximum absolute atomic E-state index is 13.0. The van der Waals surface area contributed by atoms with Crippen molar-refractivity contribution in [1.82, 2.24) is 9.29 Å². The second kappa shape index (κ2) is 7.29. The van der Waals surface area contributed by atoms with Crippen molar-refractivity contribution in [2.75, 3.05) is 11.9 Å². The molecule has 1 saturated heterocycles. The van der Waals surface area contributed by atoms with Crippen LogP contribution < -0.4 is 5.32 Å². The lowest BCUT2D eigenvalue weighted by molar-refractivity contribution is 0.268. The molecule has 0 bridgehead atoms. The minimum Gasteiger partial charge on any atom is -0.340 e. The van der Waals surface area contributed by atoms with Crippen LogP contribution in [0.1, 0.15) is 26.2 Å². The quantitative estimate of drug-likeness (QED) is 0.721. The highest BCUT2D eigenvalue weighted by Crippen LogP contribution is 2.27. The number of sulfonamides is 1. The molecule has 0 radical (unpaired) electrons. The Morgan fingerprint density at radius 3 is 2.63 bits per heavy atom. The third-order valence-corrected chi connectivity index (χ3v) is 7.07. The van der Waals surface area contributed by atoms with E-state index in [0.29, 0.717) is 11.4 Å². The third kappa shape index (κ3) is 3.68. The van der Waals surface area contributed by atoms with Gasteiger partial charge in [-0.2, -0.15) is 4.31 Å². The summed E-state index contributed by atoms with van der Waals surface area (Å²) in [6.07, 6.45) is 2.93. The Balaban J connectivity index is 1.64. The maximum Gasteiger partial charge on any atom is 0.243 e. The van der Waals surface area contributed by atoms with Crippen molar-refractivity contribution in [3.63, 3.8) is 0 Å². The third-order valence-electron chi connectivity index (χ3n) is 5.06. The lowest BCUT2D eigenvalue weighted by Crippen LogP contribution is -2.41. The summed E-state index contributed by atoms with van der Waals surface area (Å²) in [5.41, 5.74) is 1.73. The Labute approximate surface area is 160 Å². The number of para-hydroxylation sites is 1. The fourth-order valence-electron chi connectivity index (χ4n) is 3.57. The number of pyridine rings is 1. The SMILES string of the molecule is CC1CCCCN1S(=O)(=O)c1ccc2nc(Nc3ccccc3)ccc2c1. The summed E-state index contributed by atoms with van der Waals surface area (Å²) in [6, 6.07) is 18.8. The van der Waals surface area contributed by atoms with E-state index >= 15 is 0 Å². The van der Waals surface area contributed by atoms with Gasteiger partial charge in [0.25, 0.3) is 0 Å². The molecule has 2 heterocycles. The molecule has 0 spiro atoms. The largest absolute Gasteiger partial charge is 0.340 e. The molecule has 1 aliphatic rings. The number of hydrogen-bond acceptors (Lipinski definition) is 4. The van der Waals surface area contributed by atoms with Crippen LogP contribution in [0.15, 0.2) is 65.6 Å². The molecule has 1 fully saturated rings. The van der Waals surface area contributed by atoms with E-state index in [0.717, 1.165) is 41.7 Å². The Morgan fingerprint density at radius 2 is 1.85 bits per heavy atom. The summed E-state index contributed by atoms with van der Waals surface area (Å²) < 4.78 is 27.7. The molecule has 0 amide bonds. The summed E-state index contributed by atoms with van der Waals surface area (Å²) in [5.74, 6) is 0.731. The first-order chi connectivity index (χ1) is 13.0. The molecule has 4 rings (SSSR count). The molecule has 0 saturated carbocycles. The number of rotatable bonds is 4. The van der Waals surface area contributed by atoms with E-state index in [1.807, 2.05) is 49.4 Å². The lowest BCUT2D eigenvalue weighted by atomic mass is 10.1. The molecule has 0 aliphatic carbocycles. The minimum atomic E-state index is -3.47. The first-order valence-corrected chi connectivity index (χ1v) is 10.7. The maximum atomic E-state index is 13.0. The Morgan fingerprint density at radius 1 is 1.04 bits per heavy atom. The summed E-state index contributed by atoms with van der Waals surface area (Å²) in [6.45, 7) is 2.58. The number of hydrogen-bond donors (Lipinski definition) is 1. The predicted octanol–water partition coefficient (Wildman–Crippen LogP) is 4.54. The zero-order valence-electron chi connectivity index (χ0n) is 15.3. The van der Waals surface area contributed by atoms with Crippen LogP contribution in [0.2, 0.25) is 0 Å². The van der Waals surface area contributed by atoms with Gasteiger partial charge in [0.05, 0.1) is 10.4 Å². The monoisotopic (exact) mass is 381 g/mol. The van der Waals surface area contributed by atoms with E-state index in [9.17, 15) is 8.42 Å². The van der Waals surface area contributed by atoms with Crippen molar-refractivity contribution in [1.29, 1.82) is 0 Å². The van der Waals surface area contributed by atoms with Crippen LogP contribution in [0.5, 0.6) is 0 Å². The van der Waals surface area contributed by atoms with Crippen molar-refractivity contribution < 1.29 is 8.42 Å². The van der Waals surface area contributed by atoms with E-state index in [1.54, 1.807) is 22.5 Å². The van der Waals surface area contributed by atoms with Gasteiger partial charge in [-0.1, -0.05) is 24.6 Å². The van der Waals surface area contributed by atoms with E-state index < -0.39 is 10.0 Å². The van der Waals surface area contributed by atoms with Crippen molar-refractivity contribution in [2.45, 2.75) is 37.1 Å². The van der Waals surface area contributed by atoms with Crippen molar-refractivity contribution >= 4 is 32.4 Å². The molecule has 5 nitrogen and oxygen atoms in total. The minimum absolute atomic E-state index is 0.0509. The van der Waals surface area contributed by atoms with Gasteiger partial charge in [0.15, 0.2) is 0 Å². The van der Waals surface area contributed by atoms with Gasteiger partial charge in [0, 0.05) is 23.7 Å². The zero-order chi connectivity index (χ0) is 18.9. The van der Waals surface area contributed by atoms with Gasteiger partial charge >= 0.3 is 0 Å². The number of fused-ring (bicyclic) bond motifs is 1. The molecule has 3 aromatic rings. The van der Waals surface area contributed by atoms with Gasteiger partial charge in [-0.25, -0.2) is 13.4 Å². The molecule has 1 N–H and O–H groups in total. The average molecular weight is 382 g/mol. The molecular weight excluding hydrogens is 358 g/mol. The molecule has 1 atom stereocenters. The first-order valence-electron chi connectivity index (χ1n) is 9.29. The predicted molar refractivity (Wildman–Crippen MR) is 109 cm³/mol. The molecule has 1 unspecified atom stereocenters. The summed E-state index contributed by atoms with van der Waals surface area (Å²) in [4.78, 5) is 4.94. The second-order valence-electron chi connectivity index (χ2n) is 7.00. The molecule has 2 aromatic carbocycles. The molecular formula is C21H23N3O2S. The van der Waals surface area contributed by atoms with Gasteiger partial charge in [-0.15, -0.1) is 0 Å². The average Bonchev–Trinajstić information content (AvgIpc) is 2.68. The molecule has 140 valence electrons. The van der Waals surface area contributed by atoms with Crippen molar-refractivity contribution in [3.8, 4) is 0 Å². The highest BCUT2D eigenvalue weighted by Gasteiger charge is 2.31. The van der Waals surface area contributed by atoms with Crippen LogP contribution in [0.3, 0.4) is 0 Å². The van der Waals surface area contributed by atoms with E-state index in [2.05, 4.69) is 10.3 Å². The normalized spacial score (nSPS) is 18.5. The van der Waals surface area contributed by atoms with Crippen molar-refractivity contribution in [2.24, 2.45) is 0 Å². The lowest BCUT2D eigenvalue weighted by Gasteiger charge is -2.32. The van der Waals surface area contributed by atoms with Crippen LogP contribution in [-0.4, -0.2) is 30.3 Å². The fraction of sp³-hybridized carbons (Fsp3) is 0.286. The van der Waals surface area contributed by atoms with Crippen molar-refractivity contribution in [3.05, 3.63) is 60.7 Å². The van der Waals surface area contributed by atoms with E-state index in [4.69, 9.17) is 0 Å². The van der Waals surface area contributed by atoms with Gasteiger partial charge in [0.1, 0.15) is 5.82 Å². The first kappa shape index (κ1) is 17.9. The smallest absolute Gasteiger partial charge is 0.243 e. The summed E-state index contributed by atoms with van der Waals surface area (Å²) in [7, 11) is -3.47. The number of nitrogens with zero attached hydrogens (tertiary/aromatic N) is 2. The Bertz CT molecular complexity index is 1050. The standard InChI is InChI=1S/C21H23N3O2S/c1-16-7-5-6-14-24(16)27(25,26)19-11-12-20-17(15-19)10-13-21(23-20)22-18-8-3-2-4-9-18/h2-4,8-13,15-16H,5-7,14H2,1H3,(H,22,23). The summed E-state index contributed by atoms with van der Waals surface area (Å²) in [5, 5.41) is 4.08. The molecule has 27 heavy (non-hydrogen) atoms. The van der Waals surface area contributed by atoms with Crippen LogP contribution in [-0.2, 0) is 10.0 Å². The second-order valence-corrected chi connectivity index (χ2v) is 8.89. The zero-order valence-corrected chi connectivity index (χ0v) is 16.1. The number of piperidine rings is 1.